The monoisotopic (exact) mass is 301 g/mol. The number of aromatic hydroxyl groups is 1. The maximum atomic E-state index is 12.4. The third-order valence-electron chi connectivity index (χ3n) is 2.84. The quantitative estimate of drug-likeness (QED) is 0.911. The van der Waals surface area contributed by atoms with Gasteiger partial charge in [0.15, 0.2) is 5.75 Å². The molecule has 2 N–H and O–H groups in total. The van der Waals surface area contributed by atoms with Gasteiger partial charge in [-0.2, -0.15) is 0 Å². The van der Waals surface area contributed by atoms with Gasteiger partial charge in [0.2, 0.25) is 0 Å². The molecule has 102 valence electrons. The Labute approximate surface area is 119 Å². The van der Waals surface area contributed by atoms with Gasteiger partial charge in [-0.25, -0.2) is 4.98 Å². The average molecular weight is 302 g/mol. The van der Waals surface area contributed by atoms with E-state index in [0.29, 0.717) is 18.9 Å². The van der Waals surface area contributed by atoms with E-state index in [-0.39, 0.29) is 32.3 Å². The first kappa shape index (κ1) is 14.1. The fourth-order valence-corrected chi connectivity index (χ4v) is 2.50. The van der Waals surface area contributed by atoms with Crippen molar-refractivity contribution in [2.75, 3.05) is 7.05 Å². The number of phenols is 1. The second kappa shape index (κ2) is 5.36. The number of aromatic nitrogens is 2. The van der Waals surface area contributed by atoms with Crippen molar-refractivity contribution in [3.8, 4) is 5.75 Å². The van der Waals surface area contributed by atoms with Crippen LogP contribution in [0.2, 0.25) is 10.0 Å². The van der Waals surface area contributed by atoms with Crippen molar-refractivity contribution in [3.63, 3.8) is 0 Å². The Hall–Kier alpha value is -1.30. The number of nitrogens with zero attached hydrogens (tertiary/aromatic N) is 2. The van der Waals surface area contributed by atoms with Gasteiger partial charge in [0.25, 0.3) is 5.56 Å². The summed E-state index contributed by atoms with van der Waals surface area (Å²) in [6, 6.07) is 1.35. The summed E-state index contributed by atoms with van der Waals surface area (Å²) in [4.78, 5) is 16.7. The van der Waals surface area contributed by atoms with E-state index in [1.807, 2.05) is 6.92 Å². The SMILES string of the molecule is CCn1c(CNC)nc2c(O)c(Cl)cc(Cl)c2c1=O. The van der Waals surface area contributed by atoms with E-state index in [1.54, 1.807) is 7.05 Å². The van der Waals surface area contributed by atoms with Gasteiger partial charge in [-0.15, -0.1) is 0 Å². The molecule has 0 saturated carbocycles. The van der Waals surface area contributed by atoms with Crippen LogP contribution < -0.4 is 10.9 Å². The number of nitrogens with one attached hydrogen (secondary N) is 1. The summed E-state index contributed by atoms with van der Waals surface area (Å²) in [5.74, 6) is 0.301. The Bertz CT molecular complexity index is 698. The zero-order valence-corrected chi connectivity index (χ0v) is 12.0. The Morgan fingerprint density at radius 3 is 2.68 bits per heavy atom. The Kier molecular flexibility index (Phi) is 3.99. The maximum absolute atomic E-state index is 12.4. The zero-order chi connectivity index (χ0) is 14.2. The fraction of sp³-hybridized carbons (Fsp3) is 0.333. The molecule has 1 aromatic heterocycles. The highest BCUT2D eigenvalue weighted by Crippen LogP contribution is 2.34. The van der Waals surface area contributed by atoms with E-state index in [0.717, 1.165) is 0 Å². The molecule has 2 aromatic rings. The standard InChI is InChI=1S/C12H13Cl2N3O2/c1-3-17-8(5-15-2)16-10-9(12(17)19)6(13)4-7(14)11(10)18/h4,15,18H,3,5H2,1-2H3. The van der Waals surface area contributed by atoms with Crippen molar-refractivity contribution in [3.05, 3.63) is 32.3 Å². The summed E-state index contributed by atoms with van der Waals surface area (Å²) in [5, 5.41) is 13.3. The molecule has 7 heteroatoms. The van der Waals surface area contributed by atoms with Crippen molar-refractivity contribution < 1.29 is 5.11 Å². The van der Waals surface area contributed by atoms with Crippen LogP contribution in [-0.4, -0.2) is 21.7 Å². The molecule has 0 aliphatic carbocycles. The Morgan fingerprint density at radius 1 is 1.42 bits per heavy atom. The molecule has 1 aromatic carbocycles. The number of phenolic OH excluding ortho intramolecular Hbond substituents is 1. The van der Waals surface area contributed by atoms with Crippen LogP contribution in [0.5, 0.6) is 5.75 Å². The number of halogens is 2. The zero-order valence-electron chi connectivity index (χ0n) is 10.5. The number of fused-ring (bicyclic) bond motifs is 1. The van der Waals surface area contributed by atoms with E-state index in [2.05, 4.69) is 10.3 Å². The lowest BCUT2D eigenvalue weighted by atomic mass is 10.2. The van der Waals surface area contributed by atoms with Gasteiger partial charge in [0.05, 0.1) is 22.0 Å². The molecule has 0 amide bonds. The van der Waals surface area contributed by atoms with Gasteiger partial charge < -0.3 is 10.4 Å². The van der Waals surface area contributed by atoms with E-state index < -0.39 is 0 Å². The summed E-state index contributed by atoms with van der Waals surface area (Å²) >= 11 is 11.9. The lowest BCUT2D eigenvalue weighted by Crippen LogP contribution is -2.27. The minimum absolute atomic E-state index is 0.0778. The van der Waals surface area contributed by atoms with Gasteiger partial charge in [-0.3, -0.25) is 9.36 Å². The maximum Gasteiger partial charge on any atom is 0.263 e. The second-order valence-electron chi connectivity index (χ2n) is 4.02. The van der Waals surface area contributed by atoms with E-state index in [4.69, 9.17) is 23.2 Å². The molecule has 1 heterocycles. The van der Waals surface area contributed by atoms with Crippen molar-refractivity contribution in [1.82, 2.24) is 14.9 Å². The number of hydrogen-bond donors (Lipinski definition) is 2. The molecular weight excluding hydrogens is 289 g/mol. The lowest BCUT2D eigenvalue weighted by molar-refractivity contribution is 0.479. The molecule has 0 unspecified atom stereocenters. The molecule has 0 radical (unpaired) electrons. The average Bonchev–Trinajstić information content (AvgIpc) is 2.36. The highest BCUT2D eigenvalue weighted by atomic mass is 35.5. The van der Waals surface area contributed by atoms with Crippen LogP contribution in [0.25, 0.3) is 10.9 Å². The Morgan fingerprint density at radius 2 is 2.11 bits per heavy atom. The van der Waals surface area contributed by atoms with Gasteiger partial charge in [-0.1, -0.05) is 23.2 Å². The van der Waals surface area contributed by atoms with Crippen LogP contribution in [-0.2, 0) is 13.1 Å². The molecule has 0 aliphatic rings. The van der Waals surface area contributed by atoms with Crippen molar-refractivity contribution in [1.29, 1.82) is 0 Å². The summed E-state index contributed by atoms with van der Waals surface area (Å²) in [6.45, 7) is 2.72. The molecule has 0 aliphatic heterocycles. The predicted molar refractivity (Wildman–Crippen MR) is 76.1 cm³/mol. The third kappa shape index (κ3) is 2.29. The number of benzene rings is 1. The van der Waals surface area contributed by atoms with Gasteiger partial charge >= 0.3 is 0 Å². The molecular formula is C12H13Cl2N3O2. The van der Waals surface area contributed by atoms with Gasteiger partial charge in [-0.05, 0) is 20.0 Å². The predicted octanol–water partition coefficient (Wildman–Crippen LogP) is 2.15. The normalized spacial score (nSPS) is 11.2. The van der Waals surface area contributed by atoms with E-state index in [1.165, 1.54) is 10.6 Å². The summed E-state index contributed by atoms with van der Waals surface area (Å²) in [7, 11) is 1.75. The van der Waals surface area contributed by atoms with Crippen LogP contribution in [0.4, 0.5) is 0 Å². The molecule has 0 spiro atoms. The van der Waals surface area contributed by atoms with Crippen LogP contribution >= 0.6 is 23.2 Å². The van der Waals surface area contributed by atoms with Crippen LogP contribution in [0.3, 0.4) is 0 Å². The first-order valence-corrected chi connectivity index (χ1v) is 6.51. The largest absolute Gasteiger partial charge is 0.504 e. The molecule has 19 heavy (non-hydrogen) atoms. The Balaban J connectivity index is 2.95. The highest BCUT2D eigenvalue weighted by Gasteiger charge is 2.17. The number of hydrogen-bond acceptors (Lipinski definition) is 4. The van der Waals surface area contributed by atoms with Gasteiger partial charge in [0.1, 0.15) is 11.3 Å². The van der Waals surface area contributed by atoms with Crippen LogP contribution in [0.15, 0.2) is 10.9 Å². The molecule has 5 nitrogen and oxygen atoms in total. The third-order valence-corrected chi connectivity index (χ3v) is 3.43. The highest BCUT2D eigenvalue weighted by molar-refractivity contribution is 6.39. The lowest BCUT2D eigenvalue weighted by Gasteiger charge is -2.13. The van der Waals surface area contributed by atoms with Crippen molar-refractivity contribution in [2.24, 2.45) is 0 Å². The minimum Gasteiger partial charge on any atom is -0.504 e. The molecule has 0 saturated heterocycles. The molecule has 0 fully saturated rings. The number of rotatable bonds is 3. The molecule has 2 rings (SSSR count). The van der Waals surface area contributed by atoms with Crippen molar-refractivity contribution >= 4 is 34.1 Å². The molecule has 0 atom stereocenters. The summed E-state index contributed by atoms with van der Waals surface area (Å²) in [5.41, 5.74) is -0.146. The smallest absolute Gasteiger partial charge is 0.263 e. The van der Waals surface area contributed by atoms with Crippen LogP contribution in [0, 0.1) is 0 Å². The molecule has 0 bridgehead atoms. The second-order valence-corrected chi connectivity index (χ2v) is 4.83. The topological polar surface area (TPSA) is 67.2 Å². The fourth-order valence-electron chi connectivity index (χ4n) is 1.97. The van der Waals surface area contributed by atoms with E-state index >= 15 is 0 Å². The first-order valence-electron chi connectivity index (χ1n) is 5.76. The van der Waals surface area contributed by atoms with E-state index in [9.17, 15) is 9.90 Å². The first-order chi connectivity index (χ1) is 9.01. The van der Waals surface area contributed by atoms with Crippen molar-refractivity contribution in [2.45, 2.75) is 20.0 Å². The van der Waals surface area contributed by atoms with Gasteiger partial charge in [0, 0.05) is 6.54 Å². The summed E-state index contributed by atoms with van der Waals surface area (Å²) in [6.07, 6.45) is 0. The summed E-state index contributed by atoms with van der Waals surface area (Å²) < 4.78 is 1.51. The minimum atomic E-state index is -0.283. The van der Waals surface area contributed by atoms with Crippen LogP contribution in [0.1, 0.15) is 12.7 Å².